The first-order valence-electron chi connectivity index (χ1n) is 12.4. The lowest BCUT2D eigenvalue weighted by Gasteiger charge is -2.33. The van der Waals surface area contributed by atoms with Crippen molar-refractivity contribution in [3.63, 3.8) is 0 Å². The van der Waals surface area contributed by atoms with E-state index in [0.717, 1.165) is 43.6 Å². The maximum atomic E-state index is 14.0. The van der Waals surface area contributed by atoms with Crippen LogP contribution in [0.3, 0.4) is 0 Å². The topological polar surface area (TPSA) is 161 Å². The Morgan fingerprint density at radius 2 is 1.87 bits per heavy atom. The van der Waals surface area contributed by atoms with E-state index < -0.39 is 17.9 Å². The number of carbonyl (C=O) groups excluding carboxylic acids is 3. The van der Waals surface area contributed by atoms with E-state index in [0.29, 0.717) is 16.9 Å². The molecule has 11 heteroatoms. The SMILES string of the molecule is COc1cccc(CN(C(=O)c2snc(C(N)=O)c2N)[C@H](C(=O)NC2CCCCC2)c2ccc(O)cc2)c1. The second-order valence-electron chi connectivity index (χ2n) is 9.26. The normalized spacial score (nSPS) is 14.4. The highest BCUT2D eigenvalue weighted by molar-refractivity contribution is 7.09. The number of ether oxygens (including phenoxy) is 1. The number of hydrogen-bond acceptors (Lipinski definition) is 8. The Bertz CT molecular complexity index is 1300. The predicted molar refractivity (Wildman–Crippen MR) is 144 cm³/mol. The number of aromatic hydroxyl groups is 1. The van der Waals surface area contributed by atoms with Crippen LogP contribution in [0.15, 0.2) is 48.5 Å². The molecule has 1 aliphatic rings. The molecule has 1 heterocycles. The number of phenolic OH excluding ortho intramolecular Hbond substituents is 1. The number of rotatable bonds is 9. The number of methoxy groups -OCH3 is 1. The fraction of sp³-hybridized carbons (Fsp3) is 0.333. The van der Waals surface area contributed by atoms with Gasteiger partial charge in [0.15, 0.2) is 5.69 Å². The number of nitrogens with two attached hydrogens (primary N) is 2. The molecule has 2 aromatic carbocycles. The lowest BCUT2D eigenvalue weighted by atomic mass is 9.94. The van der Waals surface area contributed by atoms with Crippen LogP contribution in [-0.2, 0) is 11.3 Å². The summed E-state index contributed by atoms with van der Waals surface area (Å²) in [5, 5.41) is 13.0. The maximum Gasteiger partial charge on any atom is 0.270 e. The Labute approximate surface area is 224 Å². The number of carbonyl (C=O) groups is 3. The summed E-state index contributed by atoms with van der Waals surface area (Å²) in [5.41, 5.74) is 12.4. The molecular formula is C27H31N5O5S. The number of nitrogens with one attached hydrogen (secondary N) is 1. The van der Waals surface area contributed by atoms with E-state index >= 15 is 0 Å². The molecule has 0 bridgehead atoms. The summed E-state index contributed by atoms with van der Waals surface area (Å²) in [7, 11) is 1.54. The first-order valence-corrected chi connectivity index (χ1v) is 13.1. The minimum Gasteiger partial charge on any atom is -0.508 e. The molecule has 6 N–H and O–H groups in total. The van der Waals surface area contributed by atoms with E-state index in [1.165, 1.54) is 17.0 Å². The Kier molecular flexibility index (Phi) is 8.47. The van der Waals surface area contributed by atoms with Gasteiger partial charge in [0, 0.05) is 12.6 Å². The van der Waals surface area contributed by atoms with Gasteiger partial charge >= 0.3 is 0 Å². The summed E-state index contributed by atoms with van der Waals surface area (Å²) in [5.74, 6) is -1.15. The molecule has 4 rings (SSSR count). The van der Waals surface area contributed by atoms with Crippen LogP contribution in [0.25, 0.3) is 0 Å². The molecule has 1 saturated carbocycles. The van der Waals surface area contributed by atoms with Crippen molar-refractivity contribution >= 4 is 34.9 Å². The van der Waals surface area contributed by atoms with Crippen LogP contribution >= 0.6 is 11.5 Å². The summed E-state index contributed by atoms with van der Waals surface area (Å²) in [6, 6.07) is 12.3. The average Bonchev–Trinajstić information content (AvgIpc) is 3.31. The number of primary amides is 1. The minimum absolute atomic E-state index is 0.000394. The molecule has 200 valence electrons. The quantitative estimate of drug-likeness (QED) is 0.325. The van der Waals surface area contributed by atoms with Gasteiger partial charge in [0.25, 0.3) is 11.8 Å². The molecule has 1 aliphatic carbocycles. The van der Waals surface area contributed by atoms with Crippen LogP contribution in [-0.4, -0.2) is 45.3 Å². The van der Waals surface area contributed by atoms with Crippen LogP contribution in [0.2, 0.25) is 0 Å². The zero-order chi connectivity index (χ0) is 27.2. The monoisotopic (exact) mass is 537 g/mol. The molecule has 3 amide bonds. The van der Waals surface area contributed by atoms with Crippen molar-refractivity contribution in [1.29, 1.82) is 0 Å². The number of nitrogen functional groups attached to an aromatic ring is 1. The highest BCUT2D eigenvalue weighted by atomic mass is 32.1. The van der Waals surface area contributed by atoms with Crippen molar-refractivity contribution in [3.8, 4) is 11.5 Å². The van der Waals surface area contributed by atoms with Crippen LogP contribution < -0.4 is 21.5 Å². The van der Waals surface area contributed by atoms with Gasteiger partial charge in [-0.05, 0) is 59.8 Å². The highest BCUT2D eigenvalue weighted by Gasteiger charge is 2.36. The lowest BCUT2D eigenvalue weighted by molar-refractivity contribution is -0.127. The molecule has 0 saturated heterocycles. The summed E-state index contributed by atoms with van der Waals surface area (Å²) in [4.78, 5) is 41.1. The van der Waals surface area contributed by atoms with Gasteiger partial charge < -0.3 is 31.5 Å². The van der Waals surface area contributed by atoms with Crippen molar-refractivity contribution in [1.82, 2.24) is 14.6 Å². The number of hydrogen-bond donors (Lipinski definition) is 4. The van der Waals surface area contributed by atoms with Gasteiger partial charge in [0.1, 0.15) is 22.4 Å². The number of anilines is 1. The molecular weight excluding hydrogens is 506 g/mol. The molecule has 10 nitrogen and oxygen atoms in total. The largest absolute Gasteiger partial charge is 0.508 e. The number of benzene rings is 2. The molecule has 1 atom stereocenters. The van der Waals surface area contributed by atoms with Crippen molar-refractivity contribution in [2.24, 2.45) is 5.73 Å². The molecule has 0 unspecified atom stereocenters. The second-order valence-corrected chi connectivity index (χ2v) is 10.0. The van der Waals surface area contributed by atoms with Crippen LogP contribution in [0.5, 0.6) is 11.5 Å². The van der Waals surface area contributed by atoms with Crippen molar-refractivity contribution in [3.05, 3.63) is 70.2 Å². The lowest BCUT2D eigenvalue weighted by Crippen LogP contribution is -2.46. The number of nitrogens with zero attached hydrogens (tertiary/aromatic N) is 2. The van der Waals surface area contributed by atoms with Gasteiger partial charge in [-0.1, -0.05) is 43.5 Å². The van der Waals surface area contributed by atoms with E-state index in [9.17, 15) is 19.5 Å². The first-order chi connectivity index (χ1) is 18.3. The van der Waals surface area contributed by atoms with Gasteiger partial charge in [0.2, 0.25) is 5.91 Å². The fourth-order valence-electron chi connectivity index (χ4n) is 4.66. The van der Waals surface area contributed by atoms with Crippen LogP contribution in [0.4, 0.5) is 5.69 Å². The Hall–Kier alpha value is -4.12. The molecule has 0 aliphatic heterocycles. The number of aromatic nitrogens is 1. The van der Waals surface area contributed by atoms with Crippen molar-refractivity contribution in [2.75, 3.05) is 12.8 Å². The Morgan fingerprint density at radius 3 is 2.50 bits per heavy atom. The molecule has 1 aromatic heterocycles. The average molecular weight is 538 g/mol. The molecule has 1 fully saturated rings. The summed E-state index contributed by atoms with van der Waals surface area (Å²) < 4.78 is 9.32. The zero-order valence-electron chi connectivity index (χ0n) is 21.1. The van der Waals surface area contributed by atoms with E-state index in [-0.39, 0.29) is 40.5 Å². The van der Waals surface area contributed by atoms with Crippen molar-refractivity contribution < 1.29 is 24.2 Å². The number of phenols is 1. The summed E-state index contributed by atoms with van der Waals surface area (Å²) in [6.45, 7) is 0.0307. The second kappa shape index (κ2) is 12.0. The maximum absolute atomic E-state index is 14.0. The van der Waals surface area contributed by atoms with Gasteiger partial charge in [0.05, 0.1) is 12.8 Å². The minimum atomic E-state index is -1.06. The third kappa shape index (κ3) is 6.05. The third-order valence-electron chi connectivity index (χ3n) is 6.62. The van der Waals surface area contributed by atoms with Gasteiger partial charge in [-0.25, -0.2) is 0 Å². The van der Waals surface area contributed by atoms with Gasteiger partial charge in [-0.3, -0.25) is 14.4 Å². The van der Waals surface area contributed by atoms with Gasteiger partial charge in [-0.2, -0.15) is 4.37 Å². The predicted octanol–water partition coefficient (Wildman–Crippen LogP) is 3.37. The van der Waals surface area contributed by atoms with Crippen molar-refractivity contribution in [2.45, 2.75) is 50.7 Å². The van der Waals surface area contributed by atoms with E-state index in [1.807, 2.05) is 6.07 Å². The smallest absolute Gasteiger partial charge is 0.270 e. The van der Waals surface area contributed by atoms with E-state index in [2.05, 4.69) is 9.69 Å². The Morgan fingerprint density at radius 1 is 1.16 bits per heavy atom. The first kappa shape index (κ1) is 26.9. The van der Waals surface area contributed by atoms with Gasteiger partial charge in [-0.15, -0.1) is 0 Å². The molecule has 38 heavy (non-hydrogen) atoms. The van der Waals surface area contributed by atoms with E-state index in [1.54, 1.807) is 37.4 Å². The molecule has 0 radical (unpaired) electrons. The molecule has 0 spiro atoms. The molecule has 3 aromatic rings. The fourth-order valence-corrected chi connectivity index (χ4v) is 5.43. The van der Waals surface area contributed by atoms with Crippen LogP contribution in [0, 0.1) is 0 Å². The zero-order valence-corrected chi connectivity index (χ0v) is 21.9. The summed E-state index contributed by atoms with van der Waals surface area (Å²) >= 11 is 0.758. The standard InChI is InChI=1S/C27H31N5O5S/c1-37-20-9-5-6-16(14-20)15-32(27(36)24-21(28)22(25(29)34)31-38-24)23(17-10-12-19(33)13-11-17)26(35)30-18-7-3-2-4-8-18/h5-6,9-14,18,23,33H,2-4,7-8,15,28H2,1H3,(H2,29,34)(H,30,35)/t23-/m0/s1. The van der Waals surface area contributed by atoms with Crippen LogP contribution in [0.1, 0.15) is 69.4 Å². The summed E-state index contributed by atoms with van der Waals surface area (Å²) in [6.07, 6.45) is 4.90. The van der Waals surface area contributed by atoms with E-state index in [4.69, 9.17) is 16.2 Å². The number of amides is 3. The third-order valence-corrected chi connectivity index (χ3v) is 7.47. The Balaban J connectivity index is 1.79. The highest BCUT2D eigenvalue weighted by Crippen LogP contribution is 2.32.